The van der Waals surface area contributed by atoms with Gasteiger partial charge in [0, 0.05) is 19.0 Å². The zero-order valence-electron chi connectivity index (χ0n) is 16.0. The number of hydrogen-bond donors (Lipinski definition) is 3. The van der Waals surface area contributed by atoms with E-state index in [9.17, 15) is 14.4 Å². The van der Waals surface area contributed by atoms with Crippen molar-refractivity contribution in [2.75, 3.05) is 22.1 Å². The molecule has 2 aliphatic heterocycles. The summed E-state index contributed by atoms with van der Waals surface area (Å²) < 4.78 is 0. The lowest BCUT2D eigenvalue weighted by Crippen LogP contribution is -2.42. The molecule has 2 atom stereocenters. The van der Waals surface area contributed by atoms with Crippen molar-refractivity contribution in [3.05, 3.63) is 45.2 Å². The molecular formula is C20H22ClN5O3. The molecule has 0 saturated carbocycles. The summed E-state index contributed by atoms with van der Waals surface area (Å²) in [5.41, 5.74) is 0.180. The van der Waals surface area contributed by atoms with Crippen LogP contribution in [0.4, 0.5) is 17.5 Å². The van der Waals surface area contributed by atoms with Crippen molar-refractivity contribution in [2.45, 2.75) is 44.6 Å². The minimum atomic E-state index is -0.945. The number of H-pyrrole nitrogens is 1. The summed E-state index contributed by atoms with van der Waals surface area (Å²) >= 11 is 6.11. The van der Waals surface area contributed by atoms with E-state index in [1.54, 1.807) is 24.3 Å². The number of carbonyl (C=O) groups excluding carboxylic acids is 2. The van der Waals surface area contributed by atoms with E-state index in [1.165, 1.54) is 0 Å². The molecule has 0 spiro atoms. The number of aromatic nitrogens is 2. The number of amides is 2. The highest BCUT2D eigenvalue weighted by molar-refractivity contribution is 6.33. The fourth-order valence-corrected chi connectivity index (χ4v) is 4.10. The number of piperidine rings is 1. The standard InChI is InChI=1S/C20H22ClN5O3/c1-11-6-4-5-9-26(11)20-24-17-16(19(29)25-20)12(10-15(27)23-17)18(28)22-14-8-3-2-7-13(14)21/h2-3,7-8,11-12H,4-6,9-10H2,1H3,(H,22,28)(H2,23,24,25,27,29)/t11-,12+/m1/s1. The van der Waals surface area contributed by atoms with Crippen LogP contribution in [0.25, 0.3) is 0 Å². The molecule has 0 bridgehead atoms. The minimum absolute atomic E-state index is 0.131. The van der Waals surface area contributed by atoms with Crippen molar-refractivity contribution in [1.82, 2.24) is 9.97 Å². The van der Waals surface area contributed by atoms with Gasteiger partial charge in [-0.05, 0) is 38.3 Å². The van der Waals surface area contributed by atoms with E-state index >= 15 is 0 Å². The number of halogens is 1. The molecule has 4 rings (SSSR count). The molecule has 29 heavy (non-hydrogen) atoms. The van der Waals surface area contributed by atoms with Crippen LogP contribution >= 0.6 is 11.6 Å². The van der Waals surface area contributed by atoms with Crippen molar-refractivity contribution in [1.29, 1.82) is 0 Å². The largest absolute Gasteiger partial charge is 0.340 e. The fraction of sp³-hybridized carbons (Fsp3) is 0.400. The number of nitrogens with zero attached hydrogens (tertiary/aromatic N) is 2. The van der Waals surface area contributed by atoms with Gasteiger partial charge in [-0.3, -0.25) is 19.4 Å². The third kappa shape index (κ3) is 3.85. The van der Waals surface area contributed by atoms with E-state index in [0.29, 0.717) is 16.7 Å². The number of fused-ring (bicyclic) bond motifs is 1. The lowest BCUT2D eigenvalue weighted by atomic mass is 9.92. The molecule has 0 radical (unpaired) electrons. The molecule has 1 aromatic carbocycles. The summed E-state index contributed by atoms with van der Waals surface area (Å²) in [5, 5.41) is 5.74. The molecule has 8 nitrogen and oxygen atoms in total. The number of nitrogens with one attached hydrogen (secondary N) is 3. The summed E-state index contributed by atoms with van der Waals surface area (Å²) in [5.74, 6) is -1.20. The number of para-hydroxylation sites is 1. The molecule has 3 N–H and O–H groups in total. The zero-order chi connectivity index (χ0) is 20.5. The highest BCUT2D eigenvalue weighted by atomic mass is 35.5. The predicted octanol–water partition coefficient (Wildman–Crippen LogP) is 2.87. The normalized spacial score (nSPS) is 21.3. The second-order valence-corrected chi connectivity index (χ2v) is 7.87. The number of carbonyl (C=O) groups is 2. The maximum atomic E-state index is 12.9. The van der Waals surface area contributed by atoms with Gasteiger partial charge >= 0.3 is 0 Å². The van der Waals surface area contributed by atoms with Crippen molar-refractivity contribution in [3.8, 4) is 0 Å². The Morgan fingerprint density at radius 2 is 2.07 bits per heavy atom. The van der Waals surface area contributed by atoms with Crippen LogP contribution in [-0.4, -0.2) is 34.4 Å². The van der Waals surface area contributed by atoms with Crippen LogP contribution in [0.2, 0.25) is 5.02 Å². The van der Waals surface area contributed by atoms with Gasteiger partial charge in [0.05, 0.1) is 22.2 Å². The molecule has 2 aromatic rings. The Hall–Kier alpha value is -2.87. The monoisotopic (exact) mass is 415 g/mol. The Bertz CT molecular complexity index is 1020. The molecule has 1 saturated heterocycles. The predicted molar refractivity (Wildman–Crippen MR) is 112 cm³/mol. The zero-order valence-corrected chi connectivity index (χ0v) is 16.8. The van der Waals surface area contributed by atoms with Gasteiger partial charge in [0.2, 0.25) is 17.8 Å². The first-order chi connectivity index (χ1) is 13.9. The molecule has 0 unspecified atom stereocenters. The lowest BCUT2D eigenvalue weighted by Gasteiger charge is -2.34. The highest BCUT2D eigenvalue weighted by Gasteiger charge is 2.35. The van der Waals surface area contributed by atoms with E-state index in [4.69, 9.17) is 11.6 Å². The Morgan fingerprint density at radius 1 is 1.28 bits per heavy atom. The molecule has 1 fully saturated rings. The number of aromatic amines is 1. The van der Waals surface area contributed by atoms with Crippen LogP contribution in [0.1, 0.15) is 44.1 Å². The number of anilines is 3. The highest BCUT2D eigenvalue weighted by Crippen LogP contribution is 2.32. The SMILES string of the molecule is C[C@@H]1CCCCN1c1nc2c(c(=O)[nH]1)[C@@H](C(=O)Nc1ccccc1Cl)CC(=O)N2. The molecule has 152 valence electrons. The van der Waals surface area contributed by atoms with E-state index in [0.717, 1.165) is 25.8 Å². The van der Waals surface area contributed by atoms with Gasteiger partial charge < -0.3 is 15.5 Å². The van der Waals surface area contributed by atoms with Crippen molar-refractivity contribution >= 4 is 40.9 Å². The van der Waals surface area contributed by atoms with Gasteiger partial charge in [-0.25, -0.2) is 0 Å². The van der Waals surface area contributed by atoms with Crippen LogP contribution in [0.15, 0.2) is 29.1 Å². The maximum Gasteiger partial charge on any atom is 0.258 e. The van der Waals surface area contributed by atoms with E-state index in [-0.39, 0.29) is 29.8 Å². The van der Waals surface area contributed by atoms with Crippen LogP contribution in [0.3, 0.4) is 0 Å². The minimum Gasteiger partial charge on any atom is -0.340 e. The Balaban J connectivity index is 1.67. The smallest absolute Gasteiger partial charge is 0.258 e. The third-order valence-corrected chi connectivity index (χ3v) is 5.79. The molecule has 9 heteroatoms. The summed E-state index contributed by atoms with van der Waals surface area (Å²) in [4.78, 5) is 47.3. The average Bonchev–Trinajstić information content (AvgIpc) is 2.69. The second-order valence-electron chi connectivity index (χ2n) is 7.46. The maximum absolute atomic E-state index is 12.9. The lowest BCUT2D eigenvalue weighted by molar-refractivity contribution is -0.123. The third-order valence-electron chi connectivity index (χ3n) is 5.46. The molecular weight excluding hydrogens is 394 g/mol. The summed E-state index contributed by atoms with van der Waals surface area (Å²) in [6.07, 6.45) is 3.03. The van der Waals surface area contributed by atoms with Gasteiger partial charge in [-0.1, -0.05) is 23.7 Å². The molecule has 0 aliphatic carbocycles. The fourth-order valence-electron chi connectivity index (χ4n) is 3.91. The summed E-state index contributed by atoms with van der Waals surface area (Å²) in [6.45, 7) is 2.87. The summed E-state index contributed by atoms with van der Waals surface area (Å²) in [7, 11) is 0. The van der Waals surface area contributed by atoms with Crippen LogP contribution in [0, 0.1) is 0 Å². The topological polar surface area (TPSA) is 107 Å². The number of benzene rings is 1. The van der Waals surface area contributed by atoms with Crippen molar-refractivity contribution < 1.29 is 9.59 Å². The Kier molecular flexibility index (Phi) is 5.27. The van der Waals surface area contributed by atoms with Crippen LogP contribution < -0.4 is 21.1 Å². The first-order valence-electron chi connectivity index (χ1n) is 9.70. The summed E-state index contributed by atoms with van der Waals surface area (Å²) in [6, 6.07) is 7.04. The van der Waals surface area contributed by atoms with Crippen LogP contribution in [0.5, 0.6) is 0 Å². The van der Waals surface area contributed by atoms with E-state index in [1.807, 2.05) is 4.90 Å². The first kappa shape index (κ1) is 19.4. The number of hydrogen-bond acceptors (Lipinski definition) is 5. The molecule has 3 heterocycles. The molecule has 1 aromatic heterocycles. The van der Waals surface area contributed by atoms with E-state index < -0.39 is 17.4 Å². The second kappa shape index (κ2) is 7.87. The van der Waals surface area contributed by atoms with Gasteiger partial charge in [0.25, 0.3) is 5.56 Å². The van der Waals surface area contributed by atoms with Gasteiger partial charge in [0.15, 0.2) is 0 Å². The Labute approximate surface area is 172 Å². The van der Waals surface area contributed by atoms with Gasteiger partial charge in [0.1, 0.15) is 5.82 Å². The molecule has 2 amide bonds. The Morgan fingerprint density at radius 3 is 2.83 bits per heavy atom. The molecule has 2 aliphatic rings. The van der Waals surface area contributed by atoms with Crippen molar-refractivity contribution in [3.63, 3.8) is 0 Å². The van der Waals surface area contributed by atoms with Gasteiger partial charge in [-0.2, -0.15) is 4.98 Å². The van der Waals surface area contributed by atoms with Crippen LogP contribution in [-0.2, 0) is 9.59 Å². The van der Waals surface area contributed by atoms with E-state index in [2.05, 4.69) is 27.5 Å². The number of rotatable bonds is 3. The van der Waals surface area contributed by atoms with Crippen molar-refractivity contribution in [2.24, 2.45) is 0 Å². The van der Waals surface area contributed by atoms with Gasteiger partial charge in [-0.15, -0.1) is 0 Å². The quantitative estimate of drug-likeness (QED) is 0.714. The average molecular weight is 416 g/mol. The first-order valence-corrected chi connectivity index (χ1v) is 10.1.